The van der Waals surface area contributed by atoms with Crippen LogP contribution in [0.5, 0.6) is 0 Å². The molecule has 1 heterocycles. The van der Waals surface area contributed by atoms with Crippen LogP contribution in [0.15, 0.2) is 29.3 Å². The number of aryl methyl sites for hydroxylation is 1. The van der Waals surface area contributed by atoms with Gasteiger partial charge >= 0.3 is 0 Å². The summed E-state index contributed by atoms with van der Waals surface area (Å²) in [5, 5.41) is 6.36. The van der Waals surface area contributed by atoms with E-state index >= 15 is 0 Å². The van der Waals surface area contributed by atoms with Crippen molar-refractivity contribution in [3.63, 3.8) is 0 Å². The third kappa shape index (κ3) is 4.19. The monoisotopic (exact) mass is 356 g/mol. The van der Waals surface area contributed by atoms with Gasteiger partial charge in [0.1, 0.15) is 0 Å². The minimum Gasteiger partial charge on any atom is -0.359 e. The zero-order chi connectivity index (χ0) is 18.6. The van der Waals surface area contributed by atoms with Crippen LogP contribution >= 0.6 is 0 Å². The van der Waals surface area contributed by atoms with E-state index in [1.54, 1.807) is 7.05 Å². The van der Waals surface area contributed by atoms with E-state index in [0.717, 1.165) is 38.4 Å². The highest BCUT2D eigenvalue weighted by molar-refractivity contribution is 5.80. The highest BCUT2D eigenvalue weighted by atomic mass is 16.1. The zero-order valence-electron chi connectivity index (χ0n) is 16.3. The summed E-state index contributed by atoms with van der Waals surface area (Å²) >= 11 is 0. The van der Waals surface area contributed by atoms with Crippen molar-refractivity contribution < 1.29 is 4.79 Å². The molecular formula is C21H32N4O. The Hall–Kier alpha value is -2.04. The quantitative estimate of drug-likeness (QED) is 0.629. The van der Waals surface area contributed by atoms with Crippen molar-refractivity contribution in [3.8, 4) is 0 Å². The summed E-state index contributed by atoms with van der Waals surface area (Å²) in [6.45, 7) is 5.10. The summed E-state index contributed by atoms with van der Waals surface area (Å²) in [5.41, 5.74) is 3.14. The van der Waals surface area contributed by atoms with Gasteiger partial charge in [-0.05, 0) is 49.7 Å². The van der Waals surface area contributed by atoms with E-state index < -0.39 is 0 Å². The molecule has 0 aromatic heterocycles. The van der Waals surface area contributed by atoms with Gasteiger partial charge in [0.25, 0.3) is 0 Å². The van der Waals surface area contributed by atoms with Crippen molar-refractivity contribution in [3.05, 3.63) is 35.4 Å². The summed E-state index contributed by atoms with van der Waals surface area (Å²) in [7, 11) is 3.58. The molecule has 0 bridgehead atoms. The largest absolute Gasteiger partial charge is 0.359 e. The number of rotatable bonds is 5. The Labute approximate surface area is 157 Å². The van der Waals surface area contributed by atoms with E-state index in [2.05, 4.69) is 51.7 Å². The van der Waals surface area contributed by atoms with Gasteiger partial charge in [0, 0.05) is 45.6 Å². The van der Waals surface area contributed by atoms with Crippen LogP contribution in [-0.4, -0.2) is 50.5 Å². The van der Waals surface area contributed by atoms with Gasteiger partial charge in [0.05, 0.1) is 0 Å². The Kier molecular flexibility index (Phi) is 5.84. The Balaban J connectivity index is 1.53. The van der Waals surface area contributed by atoms with Gasteiger partial charge < -0.3 is 15.5 Å². The predicted octanol–water partition coefficient (Wildman–Crippen LogP) is 2.45. The fourth-order valence-corrected chi connectivity index (χ4v) is 4.15. The predicted molar refractivity (Wildman–Crippen MR) is 106 cm³/mol. The third-order valence-corrected chi connectivity index (χ3v) is 6.03. The molecule has 0 radical (unpaired) electrons. The molecule has 0 spiro atoms. The lowest BCUT2D eigenvalue weighted by Crippen LogP contribution is -2.47. The van der Waals surface area contributed by atoms with E-state index in [9.17, 15) is 4.79 Å². The second-order valence-electron chi connectivity index (χ2n) is 7.80. The number of carbonyl (C=O) groups is 1. The molecular weight excluding hydrogens is 324 g/mol. The molecule has 1 amide bonds. The number of hydrogen-bond donors (Lipinski definition) is 2. The number of guanidine groups is 1. The summed E-state index contributed by atoms with van der Waals surface area (Å²) in [6.07, 6.45) is 5.24. The van der Waals surface area contributed by atoms with Gasteiger partial charge in [-0.25, -0.2) is 0 Å². The second kappa shape index (κ2) is 8.11. The van der Waals surface area contributed by atoms with Crippen LogP contribution in [0, 0.1) is 12.8 Å². The molecule has 0 unspecified atom stereocenters. The molecule has 2 aliphatic rings. The number of nitrogens with one attached hydrogen (secondary N) is 2. The van der Waals surface area contributed by atoms with Crippen LogP contribution in [0.25, 0.3) is 0 Å². The molecule has 0 atom stereocenters. The number of aliphatic imine (C=N–C) groups is 1. The average molecular weight is 357 g/mol. The van der Waals surface area contributed by atoms with Crippen LogP contribution in [0.2, 0.25) is 0 Å². The van der Waals surface area contributed by atoms with Crippen LogP contribution in [-0.2, 0) is 10.2 Å². The maximum absolute atomic E-state index is 11.6. The van der Waals surface area contributed by atoms with Crippen molar-refractivity contribution in [2.45, 2.75) is 44.4 Å². The van der Waals surface area contributed by atoms with Crippen molar-refractivity contribution in [2.75, 3.05) is 33.7 Å². The molecule has 2 N–H and O–H groups in total. The maximum Gasteiger partial charge on any atom is 0.220 e. The molecule has 1 saturated carbocycles. The molecule has 5 heteroatoms. The summed E-state index contributed by atoms with van der Waals surface area (Å²) in [6, 6.07) is 8.75. The minimum atomic E-state index is 0.153. The van der Waals surface area contributed by atoms with Crippen molar-refractivity contribution in [2.24, 2.45) is 10.9 Å². The van der Waals surface area contributed by atoms with Crippen LogP contribution in [0.4, 0.5) is 0 Å². The zero-order valence-corrected chi connectivity index (χ0v) is 16.3. The molecule has 1 aromatic rings. The van der Waals surface area contributed by atoms with Crippen molar-refractivity contribution in [1.29, 1.82) is 0 Å². The molecule has 1 saturated heterocycles. The first-order valence-electron chi connectivity index (χ1n) is 9.80. The summed E-state index contributed by atoms with van der Waals surface area (Å²) in [5.74, 6) is 1.65. The highest BCUT2D eigenvalue weighted by Gasteiger charge is 2.45. The number of piperidine rings is 1. The maximum atomic E-state index is 11.6. The lowest BCUT2D eigenvalue weighted by molar-refractivity contribution is -0.121. The summed E-state index contributed by atoms with van der Waals surface area (Å²) in [4.78, 5) is 18.4. The molecule has 1 aromatic carbocycles. The van der Waals surface area contributed by atoms with Crippen LogP contribution in [0.1, 0.15) is 43.2 Å². The molecule has 142 valence electrons. The SMILES string of the molecule is CN=C(NCC1(c2ccccc2C)CC1)N1CCC(CC(=O)NC)CC1. The molecule has 3 rings (SSSR count). The van der Waals surface area contributed by atoms with E-state index in [-0.39, 0.29) is 11.3 Å². The third-order valence-electron chi connectivity index (χ3n) is 6.03. The number of likely N-dealkylation sites (tertiary alicyclic amines) is 1. The highest BCUT2D eigenvalue weighted by Crippen LogP contribution is 2.48. The first kappa shape index (κ1) is 18.7. The van der Waals surface area contributed by atoms with Crippen molar-refractivity contribution in [1.82, 2.24) is 15.5 Å². The minimum absolute atomic E-state index is 0.153. The first-order valence-corrected chi connectivity index (χ1v) is 9.80. The van der Waals surface area contributed by atoms with Gasteiger partial charge in [0.2, 0.25) is 5.91 Å². The fraction of sp³-hybridized carbons (Fsp3) is 0.619. The normalized spacial score (nSPS) is 20.0. The summed E-state index contributed by atoms with van der Waals surface area (Å²) < 4.78 is 0. The van der Waals surface area contributed by atoms with Gasteiger partial charge in [-0.3, -0.25) is 9.79 Å². The van der Waals surface area contributed by atoms with E-state index in [1.807, 2.05) is 7.05 Å². The lowest BCUT2D eigenvalue weighted by Gasteiger charge is -2.34. The Morgan fingerprint density at radius 2 is 1.96 bits per heavy atom. The van der Waals surface area contributed by atoms with E-state index in [1.165, 1.54) is 24.0 Å². The molecule has 5 nitrogen and oxygen atoms in total. The number of carbonyl (C=O) groups excluding carboxylic acids is 1. The Bertz CT molecular complexity index is 658. The van der Waals surface area contributed by atoms with Crippen LogP contribution < -0.4 is 10.6 Å². The number of amides is 1. The second-order valence-corrected chi connectivity index (χ2v) is 7.80. The van der Waals surface area contributed by atoms with Gasteiger partial charge in [-0.15, -0.1) is 0 Å². The van der Waals surface area contributed by atoms with Gasteiger partial charge in [0.15, 0.2) is 5.96 Å². The standard InChI is InChI=1S/C21H32N4O/c1-16-6-4-5-7-18(16)21(10-11-21)15-24-20(23-3)25-12-8-17(9-13-25)14-19(26)22-2/h4-7,17H,8-15H2,1-3H3,(H,22,26)(H,23,24). The van der Waals surface area contributed by atoms with Gasteiger partial charge in [-0.1, -0.05) is 24.3 Å². The van der Waals surface area contributed by atoms with Crippen molar-refractivity contribution >= 4 is 11.9 Å². The van der Waals surface area contributed by atoms with E-state index in [0.29, 0.717) is 12.3 Å². The lowest BCUT2D eigenvalue weighted by atomic mass is 9.91. The van der Waals surface area contributed by atoms with E-state index in [4.69, 9.17) is 0 Å². The average Bonchev–Trinajstić information content (AvgIpc) is 3.44. The molecule has 2 fully saturated rings. The molecule has 1 aliphatic carbocycles. The number of benzene rings is 1. The molecule has 1 aliphatic heterocycles. The molecule has 26 heavy (non-hydrogen) atoms. The number of hydrogen-bond acceptors (Lipinski definition) is 2. The topological polar surface area (TPSA) is 56.7 Å². The van der Waals surface area contributed by atoms with Gasteiger partial charge in [-0.2, -0.15) is 0 Å². The fourth-order valence-electron chi connectivity index (χ4n) is 4.15. The smallest absolute Gasteiger partial charge is 0.220 e. The van der Waals surface area contributed by atoms with Crippen LogP contribution in [0.3, 0.4) is 0 Å². The Morgan fingerprint density at radius 1 is 1.27 bits per heavy atom. The first-order chi connectivity index (χ1) is 12.6. The number of nitrogens with zero attached hydrogens (tertiary/aromatic N) is 2. The Morgan fingerprint density at radius 3 is 2.54 bits per heavy atom.